The van der Waals surface area contributed by atoms with Crippen LogP contribution >= 0.6 is 0 Å². The fraction of sp³-hybridized carbons (Fsp3) is 0.0800. The average Bonchev–Trinajstić information content (AvgIpc) is 3.27. The zero-order valence-electron chi connectivity index (χ0n) is 17.5. The van der Waals surface area contributed by atoms with E-state index in [9.17, 15) is 9.59 Å². The number of carbonyl (C=O) groups excluding carboxylic acids is 2. The minimum Gasteiger partial charge on any atom is -0.466 e. The van der Waals surface area contributed by atoms with Crippen molar-refractivity contribution in [3.8, 4) is 22.6 Å². The molecule has 0 saturated heterocycles. The molecule has 0 unspecified atom stereocenters. The van der Waals surface area contributed by atoms with Crippen molar-refractivity contribution in [1.29, 1.82) is 0 Å². The molecule has 0 amide bonds. The van der Waals surface area contributed by atoms with Crippen LogP contribution < -0.4 is 5.32 Å². The highest BCUT2D eigenvalue weighted by Gasteiger charge is 2.14. The summed E-state index contributed by atoms with van der Waals surface area (Å²) >= 11 is 0. The second-order valence-electron chi connectivity index (χ2n) is 6.84. The molecular weight excluding hydrogens is 408 g/mol. The molecule has 4 rings (SSSR count). The van der Waals surface area contributed by atoms with Gasteiger partial charge in [-0.15, -0.1) is 0 Å². The summed E-state index contributed by atoms with van der Waals surface area (Å²) in [4.78, 5) is 28.1. The quantitative estimate of drug-likeness (QED) is 0.348. The molecular formula is C25H20N2O5. The van der Waals surface area contributed by atoms with Gasteiger partial charge in [-0.05, 0) is 41.5 Å². The van der Waals surface area contributed by atoms with Crippen LogP contribution in [0.2, 0.25) is 0 Å². The Bertz CT molecular complexity index is 1290. The fourth-order valence-corrected chi connectivity index (χ4v) is 3.15. The second kappa shape index (κ2) is 9.18. The molecule has 7 heteroatoms. The van der Waals surface area contributed by atoms with Gasteiger partial charge in [-0.2, -0.15) is 0 Å². The van der Waals surface area contributed by atoms with E-state index in [0.29, 0.717) is 22.7 Å². The standard InChI is InChI=1S/C25H20N2O5/c1-30-23(28)15-21(25(29)31-2)26-19-12-13-22-20(14-19)27-24(32-22)18-10-8-17(9-11-18)16-6-4-3-5-7-16/h3-15,26H,1-2H3/b21-15+. The van der Waals surface area contributed by atoms with Gasteiger partial charge in [-0.25, -0.2) is 14.6 Å². The first-order chi connectivity index (χ1) is 15.6. The van der Waals surface area contributed by atoms with Gasteiger partial charge in [-0.1, -0.05) is 42.5 Å². The van der Waals surface area contributed by atoms with Gasteiger partial charge >= 0.3 is 11.9 Å². The van der Waals surface area contributed by atoms with Crippen molar-refractivity contribution in [3.63, 3.8) is 0 Å². The molecule has 0 spiro atoms. The summed E-state index contributed by atoms with van der Waals surface area (Å²) in [6.07, 6.45) is 1.03. The lowest BCUT2D eigenvalue weighted by molar-refractivity contribution is -0.138. The summed E-state index contributed by atoms with van der Waals surface area (Å²) < 4.78 is 15.2. The van der Waals surface area contributed by atoms with Crippen molar-refractivity contribution < 1.29 is 23.5 Å². The molecule has 0 aliphatic rings. The first kappa shape index (κ1) is 20.9. The summed E-state index contributed by atoms with van der Waals surface area (Å²) in [6, 6.07) is 23.2. The predicted octanol–water partition coefficient (Wildman–Crippen LogP) is 4.80. The maximum absolute atomic E-state index is 12.0. The highest BCUT2D eigenvalue weighted by molar-refractivity contribution is 5.99. The number of nitrogens with one attached hydrogen (secondary N) is 1. The molecule has 0 fully saturated rings. The third-order valence-corrected chi connectivity index (χ3v) is 4.77. The van der Waals surface area contributed by atoms with Crippen LogP contribution in [0.25, 0.3) is 33.7 Å². The number of esters is 2. The van der Waals surface area contributed by atoms with Crippen molar-refractivity contribution in [1.82, 2.24) is 4.98 Å². The molecule has 0 aliphatic heterocycles. The van der Waals surface area contributed by atoms with Gasteiger partial charge in [0, 0.05) is 11.3 Å². The molecule has 0 aliphatic carbocycles. The third kappa shape index (κ3) is 4.52. The van der Waals surface area contributed by atoms with Gasteiger partial charge in [0.1, 0.15) is 11.2 Å². The number of methoxy groups -OCH3 is 2. The lowest BCUT2D eigenvalue weighted by Gasteiger charge is -2.08. The van der Waals surface area contributed by atoms with Crippen molar-refractivity contribution in [2.75, 3.05) is 19.5 Å². The number of carbonyl (C=O) groups is 2. The Balaban J connectivity index is 1.60. The van der Waals surface area contributed by atoms with Crippen LogP contribution in [0.5, 0.6) is 0 Å². The number of ether oxygens (including phenoxy) is 2. The van der Waals surface area contributed by atoms with Crippen LogP contribution in [0.15, 0.2) is 89.0 Å². The Morgan fingerprint density at radius 1 is 0.875 bits per heavy atom. The Labute approximate surface area is 184 Å². The van der Waals surface area contributed by atoms with Crippen LogP contribution in [0, 0.1) is 0 Å². The zero-order chi connectivity index (χ0) is 22.5. The van der Waals surface area contributed by atoms with Crippen LogP contribution in [0.4, 0.5) is 5.69 Å². The average molecular weight is 428 g/mol. The number of oxazole rings is 1. The van der Waals surface area contributed by atoms with Crippen molar-refractivity contribution in [2.45, 2.75) is 0 Å². The number of hydrogen-bond acceptors (Lipinski definition) is 7. The van der Waals surface area contributed by atoms with Gasteiger partial charge in [0.15, 0.2) is 5.58 Å². The molecule has 1 heterocycles. The molecule has 1 aromatic heterocycles. The fourth-order valence-electron chi connectivity index (χ4n) is 3.15. The van der Waals surface area contributed by atoms with E-state index in [0.717, 1.165) is 22.8 Å². The second-order valence-corrected chi connectivity index (χ2v) is 6.84. The highest BCUT2D eigenvalue weighted by atomic mass is 16.5. The van der Waals surface area contributed by atoms with E-state index < -0.39 is 11.9 Å². The van der Waals surface area contributed by atoms with Gasteiger partial charge in [0.05, 0.1) is 20.3 Å². The molecule has 0 atom stereocenters. The zero-order valence-corrected chi connectivity index (χ0v) is 17.5. The number of nitrogens with zero attached hydrogens (tertiary/aromatic N) is 1. The maximum atomic E-state index is 12.0. The summed E-state index contributed by atoms with van der Waals surface area (Å²) in [5.41, 5.74) is 4.75. The first-order valence-electron chi connectivity index (χ1n) is 9.79. The molecule has 1 N–H and O–H groups in total. The SMILES string of the molecule is COC(=O)/C=C(/Nc1ccc2oc(-c3ccc(-c4ccccc4)cc3)nc2c1)C(=O)OC. The van der Waals surface area contributed by atoms with Crippen LogP contribution in [-0.2, 0) is 19.1 Å². The molecule has 7 nitrogen and oxygen atoms in total. The van der Waals surface area contributed by atoms with Crippen molar-refractivity contribution >= 4 is 28.7 Å². The number of aromatic nitrogens is 1. The van der Waals surface area contributed by atoms with E-state index in [1.165, 1.54) is 14.2 Å². The van der Waals surface area contributed by atoms with E-state index in [4.69, 9.17) is 9.15 Å². The topological polar surface area (TPSA) is 90.7 Å². The smallest absolute Gasteiger partial charge is 0.354 e. The number of benzene rings is 3. The predicted molar refractivity (Wildman–Crippen MR) is 121 cm³/mol. The number of rotatable bonds is 6. The summed E-state index contributed by atoms with van der Waals surface area (Å²) in [5, 5.41) is 2.87. The van der Waals surface area contributed by atoms with Gasteiger partial charge in [0.25, 0.3) is 0 Å². The van der Waals surface area contributed by atoms with Crippen LogP contribution in [0.3, 0.4) is 0 Å². The molecule has 4 aromatic rings. The Morgan fingerprint density at radius 2 is 1.56 bits per heavy atom. The molecule has 0 saturated carbocycles. The van der Waals surface area contributed by atoms with Crippen LogP contribution in [0.1, 0.15) is 0 Å². The van der Waals surface area contributed by atoms with Gasteiger partial charge < -0.3 is 19.2 Å². The van der Waals surface area contributed by atoms with E-state index in [-0.39, 0.29) is 5.70 Å². The van der Waals surface area contributed by atoms with E-state index in [1.54, 1.807) is 18.2 Å². The molecule has 0 radical (unpaired) electrons. The maximum Gasteiger partial charge on any atom is 0.354 e. The third-order valence-electron chi connectivity index (χ3n) is 4.77. The van der Waals surface area contributed by atoms with E-state index >= 15 is 0 Å². The van der Waals surface area contributed by atoms with Crippen LogP contribution in [-0.4, -0.2) is 31.1 Å². The van der Waals surface area contributed by atoms with Gasteiger partial charge in [0.2, 0.25) is 5.89 Å². The highest BCUT2D eigenvalue weighted by Crippen LogP contribution is 2.28. The van der Waals surface area contributed by atoms with Crippen molar-refractivity contribution in [3.05, 3.63) is 84.6 Å². The molecule has 0 bridgehead atoms. The number of hydrogen-bond donors (Lipinski definition) is 1. The Kier molecular flexibility index (Phi) is 5.98. The molecule has 160 valence electrons. The summed E-state index contributed by atoms with van der Waals surface area (Å²) in [5.74, 6) is -0.897. The number of anilines is 1. The summed E-state index contributed by atoms with van der Waals surface area (Å²) in [7, 11) is 2.45. The number of fused-ring (bicyclic) bond motifs is 1. The first-order valence-corrected chi connectivity index (χ1v) is 9.79. The minimum atomic E-state index is -0.699. The van der Waals surface area contributed by atoms with Gasteiger partial charge in [-0.3, -0.25) is 0 Å². The Morgan fingerprint density at radius 3 is 2.25 bits per heavy atom. The minimum absolute atomic E-state index is 0.0566. The monoisotopic (exact) mass is 428 g/mol. The molecule has 32 heavy (non-hydrogen) atoms. The Hall–Kier alpha value is -4.39. The lowest BCUT2D eigenvalue weighted by Crippen LogP contribution is -2.15. The van der Waals surface area contributed by atoms with E-state index in [2.05, 4.69) is 27.2 Å². The van der Waals surface area contributed by atoms with Crippen molar-refractivity contribution in [2.24, 2.45) is 0 Å². The molecule has 3 aromatic carbocycles. The lowest BCUT2D eigenvalue weighted by atomic mass is 10.0. The largest absolute Gasteiger partial charge is 0.466 e. The summed E-state index contributed by atoms with van der Waals surface area (Å²) in [6.45, 7) is 0. The van der Waals surface area contributed by atoms with E-state index in [1.807, 2.05) is 42.5 Å². The normalized spacial score (nSPS) is 11.2.